The number of fused-ring (bicyclic) bond motifs is 1. The van der Waals surface area contributed by atoms with Crippen molar-refractivity contribution in [3.63, 3.8) is 0 Å². The lowest BCUT2D eigenvalue weighted by molar-refractivity contribution is -0.136. The van der Waals surface area contributed by atoms with Gasteiger partial charge >= 0.3 is 5.97 Å². The first-order valence-corrected chi connectivity index (χ1v) is 12.0. The monoisotopic (exact) mass is 476 g/mol. The Morgan fingerprint density at radius 2 is 2.03 bits per heavy atom. The fraction of sp³-hybridized carbons (Fsp3) is 0.409. The fourth-order valence-corrected chi connectivity index (χ4v) is 5.61. The predicted octanol–water partition coefficient (Wildman–Crippen LogP) is 2.87. The number of hydrogen-bond donors (Lipinski definition) is 1. The van der Waals surface area contributed by atoms with Crippen molar-refractivity contribution in [3.05, 3.63) is 48.0 Å². The molecule has 0 aliphatic carbocycles. The number of ether oxygens (including phenoxy) is 1. The predicted molar refractivity (Wildman–Crippen MR) is 118 cm³/mol. The average molecular weight is 477 g/mol. The molecule has 1 saturated heterocycles. The standard InChI is InChI=1S/C22H25FN4O5S/c1-13(2)32-21-7-5-16(10-24-21)33(30,31)26-11-14(3)20(12-26)27-19-8-15(23)4-6-17(19)18(25-27)9-22(28)29/h4-8,10,13-14,20H,9,11-12H2,1-3H3,(H,28,29)/t14-,20+/m1/s1. The SMILES string of the molecule is CC(C)Oc1ccc(S(=O)(=O)N2C[C@@H](C)[C@@H](n3nc(CC(=O)O)c4ccc(F)cc43)C2)cn1. The van der Waals surface area contributed by atoms with Crippen LogP contribution in [0.2, 0.25) is 0 Å². The topological polar surface area (TPSA) is 115 Å². The van der Waals surface area contributed by atoms with Gasteiger partial charge in [0.1, 0.15) is 10.7 Å². The second-order valence-electron chi connectivity index (χ2n) is 8.49. The Labute approximate surface area is 190 Å². The summed E-state index contributed by atoms with van der Waals surface area (Å²) in [5.74, 6) is -1.32. The molecular weight excluding hydrogens is 451 g/mol. The highest BCUT2D eigenvalue weighted by Gasteiger charge is 2.39. The molecule has 2 atom stereocenters. The molecule has 1 aromatic carbocycles. The molecule has 0 spiro atoms. The van der Waals surface area contributed by atoms with Crippen LogP contribution in [0.25, 0.3) is 10.9 Å². The third kappa shape index (κ3) is 4.55. The van der Waals surface area contributed by atoms with Gasteiger partial charge in [-0.15, -0.1) is 0 Å². The Morgan fingerprint density at radius 3 is 2.67 bits per heavy atom. The van der Waals surface area contributed by atoms with Crippen LogP contribution in [0.3, 0.4) is 0 Å². The average Bonchev–Trinajstić information content (AvgIpc) is 3.28. The van der Waals surface area contributed by atoms with E-state index >= 15 is 0 Å². The highest BCUT2D eigenvalue weighted by Crippen LogP contribution is 2.34. The Balaban J connectivity index is 1.64. The zero-order valence-corrected chi connectivity index (χ0v) is 19.3. The minimum Gasteiger partial charge on any atom is -0.481 e. The van der Waals surface area contributed by atoms with E-state index in [4.69, 9.17) is 4.74 Å². The van der Waals surface area contributed by atoms with E-state index in [0.29, 0.717) is 22.5 Å². The number of nitrogens with zero attached hydrogens (tertiary/aromatic N) is 4. The highest BCUT2D eigenvalue weighted by molar-refractivity contribution is 7.89. The number of pyridine rings is 1. The molecule has 9 nitrogen and oxygen atoms in total. The van der Waals surface area contributed by atoms with Crippen LogP contribution in [0.15, 0.2) is 41.4 Å². The maximum absolute atomic E-state index is 14.0. The summed E-state index contributed by atoms with van der Waals surface area (Å²) in [6.07, 6.45) is 0.878. The number of halogens is 1. The highest BCUT2D eigenvalue weighted by atomic mass is 32.2. The van der Waals surface area contributed by atoms with E-state index < -0.39 is 21.8 Å². The number of hydrogen-bond acceptors (Lipinski definition) is 6. The van der Waals surface area contributed by atoms with Crippen molar-refractivity contribution >= 4 is 26.9 Å². The summed E-state index contributed by atoms with van der Waals surface area (Å²) in [5, 5.41) is 14.2. The quantitative estimate of drug-likeness (QED) is 0.558. The molecule has 176 valence electrons. The molecule has 0 radical (unpaired) electrons. The Kier molecular flexibility index (Phi) is 6.10. The second kappa shape index (κ2) is 8.71. The number of carboxylic acids is 1. The van der Waals surface area contributed by atoms with Gasteiger partial charge < -0.3 is 9.84 Å². The van der Waals surface area contributed by atoms with Gasteiger partial charge in [-0.2, -0.15) is 9.40 Å². The first kappa shape index (κ1) is 23.1. The van der Waals surface area contributed by atoms with Gasteiger partial charge in [-0.1, -0.05) is 6.92 Å². The summed E-state index contributed by atoms with van der Waals surface area (Å²) in [4.78, 5) is 15.4. The van der Waals surface area contributed by atoms with Crippen molar-refractivity contribution in [1.82, 2.24) is 19.1 Å². The fourth-order valence-electron chi connectivity index (χ4n) is 4.10. The third-order valence-electron chi connectivity index (χ3n) is 5.62. The van der Waals surface area contributed by atoms with Crippen LogP contribution in [0.5, 0.6) is 5.88 Å². The first-order chi connectivity index (χ1) is 15.6. The van der Waals surface area contributed by atoms with Gasteiger partial charge in [0.25, 0.3) is 0 Å². The molecule has 0 unspecified atom stereocenters. The zero-order valence-electron chi connectivity index (χ0n) is 18.5. The molecule has 1 aliphatic heterocycles. The van der Waals surface area contributed by atoms with E-state index in [2.05, 4.69) is 10.1 Å². The largest absolute Gasteiger partial charge is 0.481 e. The van der Waals surface area contributed by atoms with Crippen molar-refractivity contribution in [1.29, 1.82) is 0 Å². The smallest absolute Gasteiger partial charge is 0.309 e. The molecule has 1 fully saturated rings. The summed E-state index contributed by atoms with van der Waals surface area (Å²) < 4.78 is 48.9. The lowest BCUT2D eigenvalue weighted by Gasteiger charge is -2.18. The molecule has 4 rings (SSSR count). The normalized spacial score (nSPS) is 19.4. The Hall–Kier alpha value is -3.05. The van der Waals surface area contributed by atoms with Crippen LogP contribution in [0.4, 0.5) is 4.39 Å². The van der Waals surface area contributed by atoms with Crippen molar-refractivity contribution < 1.29 is 27.4 Å². The number of aromatic nitrogens is 3. The van der Waals surface area contributed by atoms with E-state index in [-0.39, 0.29) is 42.5 Å². The van der Waals surface area contributed by atoms with Crippen LogP contribution in [-0.4, -0.2) is 57.8 Å². The summed E-state index contributed by atoms with van der Waals surface area (Å²) in [6.45, 7) is 5.95. The summed E-state index contributed by atoms with van der Waals surface area (Å²) >= 11 is 0. The Morgan fingerprint density at radius 1 is 1.27 bits per heavy atom. The number of aliphatic carboxylic acids is 1. The maximum atomic E-state index is 14.0. The summed E-state index contributed by atoms with van der Waals surface area (Å²) in [6, 6.07) is 6.66. The van der Waals surface area contributed by atoms with E-state index in [9.17, 15) is 22.7 Å². The van der Waals surface area contributed by atoms with E-state index in [1.165, 1.54) is 40.8 Å². The molecule has 0 saturated carbocycles. The number of carbonyl (C=O) groups is 1. The molecule has 1 aliphatic rings. The van der Waals surface area contributed by atoms with Crippen molar-refractivity contribution in [2.24, 2.45) is 5.92 Å². The van der Waals surface area contributed by atoms with Gasteiger partial charge in [0.15, 0.2) is 0 Å². The number of rotatable bonds is 7. The third-order valence-corrected chi connectivity index (χ3v) is 7.44. The molecule has 0 bridgehead atoms. The van der Waals surface area contributed by atoms with Gasteiger partial charge in [-0.25, -0.2) is 17.8 Å². The van der Waals surface area contributed by atoms with Crippen molar-refractivity contribution in [3.8, 4) is 5.88 Å². The molecule has 3 aromatic rings. The number of sulfonamides is 1. The molecule has 3 heterocycles. The van der Waals surface area contributed by atoms with Crippen LogP contribution in [-0.2, 0) is 21.2 Å². The summed E-state index contributed by atoms with van der Waals surface area (Å²) in [7, 11) is -3.83. The van der Waals surface area contributed by atoms with Gasteiger partial charge in [0, 0.05) is 24.5 Å². The van der Waals surface area contributed by atoms with Gasteiger partial charge in [-0.3, -0.25) is 9.48 Å². The van der Waals surface area contributed by atoms with E-state index in [1.54, 1.807) is 4.68 Å². The van der Waals surface area contributed by atoms with E-state index in [0.717, 1.165) is 0 Å². The number of carboxylic acid groups (broad SMARTS) is 1. The number of benzene rings is 1. The second-order valence-corrected chi connectivity index (χ2v) is 10.4. The molecular formula is C22H25FN4O5S. The molecule has 2 aromatic heterocycles. The zero-order chi connectivity index (χ0) is 23.9. The van der Waals surface area contributed by atoms with Crippen LogP contribution >= 0.6 is 0 Å². The molecule has 1 N–H and O–H groups in total. The summed E-state index contributed by atoms with van der Waals surface area (Å²) in [5.41, 5.74) is 0.759. The van der Waals surface area contributed by atoms with Crippen LogP contribution in [0.1, 0.15) is 32.5 Å². The molecule has 33 heavy (non-hydrogen) atoms. The Bertz CT molecular complexity index is 1290. The maximum Gasteiger partial charge on any atom is 0.309 e. The van der Waals surface area contributed by atoms with Gasteiger partial charge in [0.2, 0.25) is 15.9 Å². The molecule has 11 heteroatoms. The lowest BCUT2D eigenvalue weighted by Crippen LogP contribution is -2.29. The van der Waals surface area contributed by atoms with E-state index in [1.807, 2.05) is 20.8 Å². The van der Waals surface area contributed by atoms with Crippen LogP contribution in [0, 0.1) is 11.7 Å². The molecule has 0 amide bonds. The van der Waals surface area contributed by atoms with Crippen molar-refractivity contribution in [2.45, 2.75) is 44.2 Å². The van der Waals surface area contributed by atoms with Crippen LogP contribution < -0.4 is 4.74 Å². The first-order valence-electron chi connectivity index (χ1n) is 10.6. The van der Waals surface area contributed by atoms with Gasteiger partial charge in [-0.05, 0) is 44.0 Å². The lowest BCUT2D eigenvalue weighted by atomic mass is 10.1. The minimum absolute atomic E-state index is 0.0504. The van der Waals surface area contributed by atoms with Crippen molar-refractivity contribution in [2.75, 3.05) is 13.1 Å². The minimum atomic E-state index is -3.83. The van der Waals surface area contributed by atoms with Gasteiger partial charge in [0.05, 0.1) is 36.0 Å².